The molecule has 0 unspecified atom stereocenters. The summed E-state index contributed by atoms with van der Waals surface area (Å²) in [5.74, 6) is -1.56. The van der Waals surface area contributed by atoms with Gasteiger partial charge in [0, 0.05) is 28.9 Å². The highest BCUT2D eigenvalue weighted by Gasteiger charge is 2.39. The summed E-state index contributed by atoms with van der Waals surface area (Å²) < 4.78 is 39.8. The number of aryl methyl sites for hydroxylation is 2. The van der Waals surface area contributed by atoms with Crippen LogP contribution >= 0.6 is 0 Å². The lowest BCUT2D eigenvalue weighted by Gasteiger charge is -2.42. The van der Waals surface area contributed by atoms with Crippen molar-refractivity contribution >= 4 is 11.7 Å². The summed E-state index contributed by atoms with van der Waals surface area (Å²) in [6.07, 6.45) is -1.48. The van der Waals surface area contributed by atoms with Gasteiger partial charge in [-0.05, 0) is 32.3 Å². The summed E-state index contributed by atoms with van der Waals surface area (Å²) in [6, 6.07) is 10.1. The molecular weight excluding hydrogens is 395 g/mol. The fourth-order valence-corrected chi connectivity index (χ4v) is 4.04. The van der Waals surface area contributed by atoms with E-state index in [0.717, 1.165) is 23.8 Å². The molecule has 0 radical (unpaired) electrons. The van der Waals surface area contributed by atoms with Gasteiger partial charge < -0.3 is 5.32 Å². The molecular formula is C21H22F3N5O. The van der Waals surface area contributed by atoms with Crippen molar-refractivity contribution in [1.82, 2.24) is 24.9 Å². The number of fused-ring (bicyclic) bond motifs is 1. The first-order valence-electron chi connectivity index (χ1n) is 9.82. The van der Waals surface area contributed by atoms with Gasteiger partial charge in [-0.2, -0.15) is 18.2 Å². The Hall–Kier alpha value is -2.97. The minimum absolute atomic E-state index is 0.0205. The molecule has 3 aromatic rings. The molecule has 1 N–H and O–H groups in total. The molecule has 1 aliphatic rings. The number of carbonyl (C=O) groups is 1. The van der Waals surface area contributed by atoms with Gasteiger partial charge in [0.2, 0.25) is 5.91 Å². The number of hydrogen-bond donors (Lipinski definition) is 1. The van der Waals surface area contributed by atoms with Crippen LogP contribution in [0.5, 0.6) is 0 Å². The Balaban J connectivity index is 1.52. The average Bonchev–Trinajstić information content (AvgIpc) is 3.10. The van der Waals surface area contributed by atoms with E-state index in [1.165, 1.54) is 5.56 Å². The van der Waals surface area contributed by atoms with Gasteiger partial charge in [-0.1, -0.05) is 36.8 Å². The third-order valence-electron chi connectivity index (χ3n) is 5.96. The number of alkyl halides is 3. The summed E-state index contributed by atoms with van der Waals surface area (Å²) in [5, 5.41) is 6.54. The third-order valence-corrected chi connectivity index (χ3v) is 5.96. The summed E-state index contributed by atoms with van der Waals surface area (Å²) >= 11 is 0. The van der Waals surface area contributed by atoms with E-state index in [4.69, 9.17) is 0 Å². The molecule has 30 heavy (non-hydrogen) atoms. The standard InChI is InChI=1S/C21H22F3N5O/c1-13-16(14(2)29-19(26-13)27-18(28-29)21(22,23)24)11-17(30)25-12-20(9-6-10-20)15-7-4-3-5-8-15/h3-5,7-8H,6,9-12H2,1-2H3,(H,25,30). The molecule has 0 aliphatic heterocycles. The Morgan fingerprint density at radius 3 is 2.47 bits per heavy atom. The van der Waals surface area contributed by atoms with Gasteiger partial charge in [0.1, 0.15) is 0 Å². The van der Waals surface area contributed by atoms with Gasteiger partial charge in [-0.3, -0.25) is 4.79 Å². The van der Waals surface area contributed by atoms with Crippen LogP contribution in [0.25, 0.3) is 5.78 Å². The monoisotopic (exact) mass is 417 g/mol. The first-order chi connectivity index (χ1) is 14.2. The second-order valence-corrected chi connectivity index (χ2v) is 7.86. The Morgan fingerprint density at radius 1 is 1.17 bits per heavy atom. The highest BCUT2D eigenvalue weighted by molar-refractivity contribution is 5.79. The van der Waals surface area contributed by atoms with Gasteiger partial charge >= 0.3 is 6.18 Å². The SMILES string of the molecule is Cc1nc2nc(C(F)(F)F)nn2c(C)c1CC(=O)NCC1(c2ccccc2)CCC1. The topological polar surface area (TPSA) is 72.2 Å². The number of halogens is 3. The number of benzene rings is 1. The van der Waals surface area contributed by atoms with Crippen molar-refractivity contribution < 1.29 is 18.0 Å². The van der Waals surface area contributed by atoms with E-state index in [2.05, 4.69) is 32.5 Å². The Bertz CT molecular complexity index is 1090. The second-order valence-electron chi connectivity index (χ2n) is 7.86. The predicted molar refractivity (Wildman–Crippen MR) is 104 cm³/mol. The summed E-state index contributed by atoms with van der Waals surface area (Å²) in [5.41, 5.74) is 2.63. The van der Waals surface area contributed by atoms with Crippen LogP contribution in [0, 0.1) is 13.8 Å². The first-order valence-corrected chi connectivity index (χ1v) is 9.82. The van der Waals surface area contributed by atoms with Gasteiger partial charge in [-0.25, -0.2) is 9.50 Å². The number of amides is 1. The lowest BCUT2D eigenvalue weighted by Crippen LogP contribution is -2.46. The number of nitrogens with one attached hydrogen (secondary N) is 1. The smallest absolute Gasteiger partial charge is 0.355 e. The molecule has 1 aliphatic carbocycles. The molecule has 4 rings (SSSR count). The van der Waals surface area contributed by atoms with Crippen LogP contribution in [0.2, 0.25) is 0 Å². The zero-order valence-corrected chi connectivity index (χ0v) is 16.8. The molecule has 2 aromatic heterocycles. The van der Waals surface area contributed by atoms with E-state index < -0.39 is 12.0 Å². The number of carbonyl (C=O) groups excluding carboxylic acids is 1. The maximum atomic E-state index is 12.9. The van der Waals surface area contributed by atoms with E-state index >= 15 is 0 Å². The minimum Gasteiger partial charge on any atom is -0.355 e. The van der Waals surface area contributed by atoms with Gasteiger partial charge in [-0.15, -0.1) is 5.10 Å². The molecule has 0 saturated heterocycles. The van der Waals surface area contributed by atoms with Crippen LogP contribution in [0.1, 0.15) is 47.6 Å². The van der Waals surface area contributed by atoms with E-state index in [-0.39, 0.29) is 23.5 Å². The van der Waals surface area contributed by atoms with Crippen molar-refractivity contribution in [3.63, 3.8) is 0 Å². The van der Waals surface area contributed by atoms with E-state index in [0.29, 0.717) is 23.5 Å². The van der Waals surface area contributed by atoms with Gasteiger partial charge in [0.25, 0.3) is 11.6 Å². The Labute approximate surface area is 171 Å². The molecule has 1 fully saturated rings. The van der Waals surface area contributed by atoms with Crippen molar-refractivity contribution in [2.75, 3.05) is 6.54 Å². The van der Waals surface area contributed by atoms with Crippen molar-refractivity contribution in [1.29, 1.82) is 0 Å². The molecule has 0 spiro atoms. The average molecular weight is 417 g/mol. The molecule has 1 amide bonds. The second kappa shape index (κ2) is 7.37. The van der Waals surface area contributed by atoms with Crippen molar-refractivity contribution in [3.8, 4) is 0 Å². The van der Waals surface area contributed by atoms with E-state index in [1.54, 1.807) is 13.8 Å². The minimum atomic E-state index is -4.65. The largest absolute Gasteiger partial charge is 0.453 e. The first kappa shape index (κ1) is 20.3. The molecule has 158 valence electrons. The van der Waals surface area contributed by atoms with Crippen LogP contribution in [-0.4, -0.2) is 32.0 Å². The highest BCUT2D eigenvalue weighted by atomic mass is 19.4. The molecule has 2 heterocycles. The van der Waals surface area contributed by atoms with Gasteiger partial charge in [0.15, 0.2) is 0 Å². The predicted octanol–water partition coefficient (Wildman–Crippen LogP) is 3.54. The zero-order valence-electron chi connectivity index (χ0n) is 16.8. The van der Waals surface area contributed by atoms with Crippen LogP contribution in [0.4, 0.5) is 13.2 Å². The maximum absolute atomic E-state index is 12.9. The summed E-state index contributed by atoms with van der Waals surface area (Å²) in [6.45, 7) is 3.82. The number of rotatable bonds is 5. The van der Waals surface area contributed by atoms with Crippen LogP contribution < -0.4 is 5.32 Å². The highest BCUT2D eigenvalue weighted by Crippen LogP contribution is 2.43. The maximum Gasteiger partial charge on any atom is 0.453 e. The zero-order chi connectivity index (χ0) is 21.5. The fourth-order valence-electron chi connectivity index (χ4n) is 4.04. The number of nitrogens with zero attached hydrogens (tertiary/aromatic N) is 4. The quantitative estimate of drug-likeness (QED) is 0.689. The Kier molecular flexibility index (Phi) is 4.99. The third kappa shape index (κ3) is 3.64. The molecule has 0 atom stereocenters. The van der Waals surface area contributed by atoms with E-state index in [9.17, 15) is 18.0 Å². The van der Waals surface area contributed by atoms with Crippen LogP contribution in [0.3, 0.4) is 0 Å². The molecule has 1 aromatic carbocycles. The lowest BCUT2D eigenvalue weighted by molar-refractivity contribution is -0.144. The van der Waals surface area contributed by atoms with Crippen LogP contribution in [0.15, 0.2) is 30.3 Å². The Morgan fingerprint density at radius 2 is 1.87 bits per heavy atom. The number of hydrogen-bond acceptors (Lipinski definition) is 4. The van der Waals surface area contributed by atoms with Crippen molar-refractivity contribution in [2.45, 2.75) is 51.1 Å². The molecule has 6 nitrogen and oxygen atoms in total. The summed E-state index contributed by atoms with van der Waals surface area (Å²) in [4.78, 5) is 20.3. The van der Waals surface area contributed by atoms with Crippen molar-refractivity contribution in [2.24, 2.45) is 0 Å². The molecule has 0 bridgehead atoms. The van der Waals surface area contributed by atoms with E-state index in [1.807, 2.05) is 18.2 Å². The van der Waals surface area contributed by atoms with Crippen molar-refractivity contribution in [3.05, 3.63) is 58.7 Å². The van der Waals surface area contributed by atoms with Gasteiger partial charge in [0.05, 0.1) is 6.42 Å². The lowest BCUT2D eigenvalue weighted by atomic mass is 9.64. The summed E-state index contributed by atoms with van der Waals surface area (Å²) in [7, 11) is 0. The normalized spacial score (nSPS) is 15.8. The fraction of sp³-hybridized carbons (Fsp3) is 0.429. The molecule has 1 saturated carbocycles. The van der Waals surface area contributed by atoms with Crippen LogP contribution in [-0.2, 0) is 22.8 Å². The number of aromatic nitrogens is 4. The molecule has 9 heteroatoms.